The Labute approximate surface area is 132 Å². The standard InChI is InChI=1S/C20H35N/c1-6-8-9-18(7-2)14-20(15-21-16(3)4)19-12-10-17(5)11-13-19/h10-13,16,18,20-21H,6-9,14-15H2,1-5H3. The first-order valence-corrected chi connectivity index (χ1v) is 8.86. The van der Waals surface area contributed by atoms with Crippen LogP contribution in [0.1, 0.15) is 76.8 Å². The van der Waals surface area contributed by atoms with E-state index in [0.29, 0.717) is 12.0 Å². The number of nitrogens with one attached hydrogen (secondary N) is 1. The maximum Gasteiger partial charge on any atom is 0.00226 e. The number of unbranched alkanes of at least 4 members (excludes halogenated alkanes) is 1. The van der Waals surface area contributed by atoms with Crippen LogP contribution >= 0.6 is 0 Å². The lowest BCUT2D eigenvalue weighted by atomic mass is 9.84. The molecule has 0 heterocycles. The van der Waals surface area contributed by atoms with Gasteiger partial charge in [-0.25, -0.2) is 0 Å². The van der Waals surface area contributed by atoms with Gasteiger partial charge < -0.3 is 5.32 Å². The van der Waals surface area contributed by atoms with E-state index in [9.17, 15) is 0 Å². The van der Waals surface area contributed by atoms with Crippen molar-refractivity contribution in [3.8, 4) is 0 Å². The second-order valence-electron chi connectivity index (χ2n) is 6.82. The fourth-order valence-electron chi connectivity index (χ4n) is 2.94. The summed E-state index contributed by atoms with van der Waals surface area (Å²) in [5.74, 6) is 1.51. The highest BCUT2D eigenvalue weighted by Crippen LogP contribution is 2.28. The SMILES string of the molecule is CCCCC(CC)CC(CNC(C)C)c1ccc(C)cc1. The van der Waals surface area contributed by atoms with Crippen LogP contribution < -0.4 is 5.32 Å². The van der Waals surface area contributed by atoms with Gasteiger partial charge in [-0.3, -0.25) is 0 Å². The summed E-state index contributed by atoms with van der Waals surface area (Å²) in [7, 11) is 0. The minimum Gasteiger partial charge on any atom is -0.314 e. The third-order valence-corrected chi connectivity index (χ3v) is 4.48. The van der Waals surface area contributed by atoms with E-state index >= 15 is 0 Å². The largest absolute Gasteiger partial charge is 0.314 e. The van der Waals surface area contributed by atoms with Gasteiger partial charge in [-0.1, -0.05) is 83.2 Å². The maximum atomic E-state index is 3.64. The molecule has 120 valence electrons. The van der Waals surface area contributed by atoms with Crippen LogP contribution in [0.4, 0.5) is 0 Å². The van der Waals surface area contributed by atoms with Crippen LogP contribution in [0.15, 0.2) is 24.3 Å². The zero-order valence-corrected chi connectivity index (χ0v) is 14.8. The molecular formula is C20H35N. The van der Waals surface area contributed by atoms with Gasteiger partial charge in [-0.05, 0) is 30.7 Å². The van der Waals surface area contributed by atoms with Crippen LogP contribution in [0.3, 0.4) is 0 Å². The van der Waals surface area contributed by atoms with E-state index in [-0.39, 0.29) is 0 Å². The molecular weight excluding hydrogens is 254 g/mol. The van der Waals surface area contributed by atoms with Crippen molar-refractivity contribution in [1.82, 2.24) is 5.32 Å². The molecule has 0 saturated heterocycles. The van der Waals surface area contributed by atoms with Gasteiger partial charge in [0.15, 0.2) is 0 Å². The average molecular weight is 290 g/mol. The van der Waals surface area contributed by atoms with E-state index < -0.39 is 0 Å². The fourth-order valence-corrected chi connectivity index (χ4v) is 2.94. The molecule has 1 rings (SSSR count). The Morgan fingerprint density at radius 1 is 1.05 bits per heavy atom. The Kier molecular flexibility index (Phi) is 8.68. The molecule has 1 aromatic rings. The van der Waals surface area contributed by atoms with E-state index in [1.807, 2.05) is 0 Å². The molecule has 2 atom stereocenters. The average Bonchev–Trinajstić information content (AvgIpc) is 2.47. The molecule has 1 nitrogen and oxygen atoms in total. The van der Waals surface area contributed by atoms with E-state index in [1.54, 1.807) is 0 Å². The Bertz CT molecular complexity index is 366. The molecule has 0 radical (unpaired) electrons. The zero-order chi connectivity index (χ0) is 15.7. The molecule has 0 aliphatic heterocycles. The molecule has 0 spiro atoms. The van der Waals surface area contributed by atoms with Crippen LogP contribution in [0.25, 0.3) is 0 Å². The summed E-state index contributed by atoms with van der Waals surface area (Å²) in [6.07, 6.45) is 6.70. The summed E-state index contributed by atoms with van der Waals surface area (Å²) in [5, 5.41) is 3.64. The van der Waals surface area contributed by atoms with Gasteiger partial charge in [0.1, 0.15) is 0 Å². The number of hydrogen-bond acceptors (Lipinski definition) is 1. The summed E-state index contributed by atoms with van der Waals surface area (Å²) in [6, 6.07) is 9.73. The Balaban J connectivity index is 2.73. The minimum atomic E-state index is 0.564. The number of aryl methyl sites for hydroxylation is 1. The van der Waals surface area contributed by atoms with Crippen LogP contribution in [0.5, 0.6) is 0 Å². The number of benzene rings is 1. The van der Waals surface area contributed by atoms with Crippen molar-refractivity contribution in [1.29, 1.82) is 0 Å². The lowest BCUT2D eigenvalue weighted by Gasteiger charge is -2.25. The highest BCUT2D eigenvalue weighted by molar-refractivity contribution is 5.25. The smallest absolute Gasteiger partial charge is 0.00226 e. The van der Waals surface area contributed by atoms with Gasteiger partial charge in [-0.2, -0.15) is 0 Å². The molecule has 1 N–H and O–H groups in total. The predicted molar refractivity (Wildman–Crippen MR) is 95.0 cm³/mol. The molecule has 1 aromatic carbocycles. The fraction of sp³-hybridized carbons (Fsp3) is 0.700. The van der Waals surface area contributed by atoms with Gasteiger partial charge in [0.05, 0.1) is 0 Å². The van der Waals surface area contributed by atoms with Crippen molar-refractivity contribution in [3.05, 3.63) is 35.4 Å². The Hall–Kier alpha value is -0.820. The molecule has 21 heavy (non-hydrogen) atoms. The first-order chi connectivity index (χ1) is 10.1. The monoisotopic (exact) mass is 289 g/mol. The first-order valence-electron chi connectivity index (χ1n) is 8.86. The van der Waals surface area contributed by atoms with E-state index in [2.05, 4.69) is 64.2 Å². The van der Waals surface area contributed by atoms with Crippen molar-refractivity contribution in [3.63, 3.8) is 0 Å². The molecule has 2 unspecified atom stereocenters. The topological polar surface area (TPSA) is 12.0 Å². The van der Waals surface area contributed by atoms with E-state index in [0.717, 1.165) is 12.5 Å². The minimum absolute atomic E-state index is 0.564. The first kappa shape index (κ1) is 18.2. The highest BCUT2D eigenvalue weighted by Gasteiger charge is 2.17. The molecule has 1 heteroatoms. The van der Waals surface area contributed by atoms with Crippen molar-refractivity contribution in [2.24, 2.45) is 5.92 Å². The molecule has 0 bridgehead atoms. The third kappa shape index (κ3) is 7.13. The number of hydrogen-bond donors (Lipinski definition) is 1. The Morgan fingerprint density at radius 2 is 1.71 bits per heavy atom. The summed E-state index contributed by atoms with van der Waals surface area (Å²) < 4.78 is 0. The highest BCUT2D eigenvalue weighted by atomic mass is 14.9. The normalized spacial score (nSPS) is 14.4. The van der Waals surface area contributed by atoms with Crippen molar-refractivity contribution in [2.45, 2.75) is 78.7 Å². The second kappa shape index (κ2) is 10.00. The quantitative estimate of drug-likeness (QED) is 0.584. The third-order valence-electron chi connectivity index (χ3n) is 4.48. The lowest BCUT2D eigenvalue weighted by molar-refractivity contribution is 0.371. The van der Waals surface area contributed by atoms with Gasteiger partial charge in [-0.15, -0.1) is 0 Å². The van der Waals surface area contributed by atoms with Crippen LogP contribution in [0.2, 0.25) is 0 Å². The molecule has 0 aliphatic carbocycles. The van der Waals surface area contributed by atoms with Gasteiger partial charge >= 0.3 is 0 Å². The van der Waals surface area contributed by atoms with Crippen LogP contribution in [-0.2, 0) is 0 Å². The number of rotatable bonds is 10. The van der Waals surface area contributed by atoms with Crippen molar-refractivity contribution in [2.75, 3.05) is 6.54 Å². The summed E-state index contributed by atoms with van der Waals surface area (Å²) >= 11 is 0. The van der Waals surface area contributed by atoms with Crippen LogP contribution in [-0.4, -0.2) is 12.6 Å². The molecule has 0 aliphatic rings. The van der Waals surface area contributed by atoms with Gasteiger partial charge in [0.2, 0.25) is 0 Å². The molecule has 0 aromatic heterocycles. The lowest BCUT2D eigenvalue weighted by Crippen LogP contribution is -2.29. The van der Waals surface area contributed by atoms with Crippen molar-refractivity contribution >= 4 is 0 Å². The summed E-state index contributed by atoms with van der Waals surface area (Å²) in [4.78, 5) is 0. The summed E-state index contributed by atoms with van der Waals surface area (Å²) in [6.45, 7) is 12.4. The molecule has 0 fully saturated rings. The zero-order valence-electron chi connectivity index (χ0n) is 14.8. The van der Waals surface area contributed by atoms with E-state index in [4.69, 9.17) is 0 Å². The molecule has 0 amide bonds. The summed E-state index contributed by atoms with van der Waals surface area (Å²) in [5.41, 5.74) is 2.86. The van der Waals surface area contributed by atoms with Crippen LogP contribution in [0, 0.1) is 12.8 Å². The second-order valence-corrected chi connectivity index (χ2v) is 6.82. The van der Waals surface area contributed by atoms with Crippen molar-refractivity contribution < 1.29 is 0 Å². The van der Waals surface area contributed by atoms with Gasteiger partial charge in [0.25, 0.3) is 0 Å². The molecule has 0 saturated carbocycles. The maximum absolute atomic E-state index is 3.64. The predicted octanol–water partition coefficient (Wildman–Crippen LogP) is 5.68. The van der Waals surface area contributed by atoms with Gasteiger partial charge in [0, 0.05) is 12.6 Å². The van der Waals surface area contributed by atoms with E-state index in [1.165, 1.54) is 43.2 Å². The Morgan fingerprint density at radius 3 is 2.24 bits per heavy atom.